The first-order chi connectivity index (χ1) is 16.0. The zero-order chi connectivity index (χ0) is 24.1. The number of rotatable bonds is 13. The van der Waals surface area contributed by atoms with E-state index in [2.05, 4.69) is 31.6 Å². The molecular weight excluding hydrogens is 416 g/mol. The number of benzene rings is 2. The molecule has 0 radical (unpaired) electrons. The van der Waals surface area contributed by atoms with Crippen LogP contribution in [0.4, 0.5) is 0 Å². The van der Waals surface area contributed by atoms with E-state index in [1.807, 2.05) is 31.2 Å². The fraction of sp³-hybridized carbons (Fsp3) is 0.481. The van der Waals surface area contributed by atoms with E-state index in [1.165, 1.54) is 12.8 Å². The topological polar surface area (TPSA) is 76.7 Å². The van der Waals surface area contributed by atoms with Gasteiger partial charge in [0, 0.05) is 5.56 Å². The number of nitrogens with one attached hydrogen (secondary N) is 2. The Morgan fingerprint density at radius 3 is 2.27 bits per heavy atom. The van der Waals surface area contributed by atoms with E-state index < -0.39 is 17.9 Å². The first-order valence-corrected chi connectivity index (χ1v) is 12.1. The molecule has 0 aromatic heterocycles. The number of unbranched alkanes of at least 4 members (excludes halogenated alkanes) is 3. The number of para-hydroxylation sites is 1. The largest absolute Gasteiger partial charge is 0.494 e. The van der Waals surface area contributed by atoms with Gasteiger partial charge >= 0.3 is 0 Å². The third-order valence-corrected chi connectivity index (χ3v) is 5.68. The lowest BCUT2D eigenvalue weighted by Crippen LogP contribution is -2.48. The third kappa shape index (κ3) is 8.44. The normalized spacial score (nSPS) is 12.5. The molecule has 2 atom stereocenters. The summed E-state index contributed by atoms with van der Waals surface area (Å²) in [5.74, 6) is 0.964. The van der Waals surface area contributed by atoms with Crippen LogP contribution in [-0.4, -0.2) is 24.5 Å². The van der Waals surface area contributed by atoms with Gasteiger partial charge in [-0.05, 0) is 61.1 Å². The summed E-state index contributed by atoms with van der Waals surface area (Å²) < 4.78 is 11.7. The Kier molecular flexibility index (Phi) is 11.3. The van der Waals surface area contributed by atoms with Gasteiger partial charge in [-0.2, -0.15) is 0 Å². The molecule has 0 saturated heterocycles. The minimum absolute atomic E-state index is 0.324. The van der Waals surface area contributed by atoms with Gasteiger partial charge in [-0.25, -0.2) is 0 Å². The lowest BCUT2D eigenvalue weighted by molar-refractivity contribution is -0.128. The van der Waals surface area contributed by atoms with Crippen molar-refractivity contribution in [3.63, 3.8) is 0 Å². The summed E-state index contributed by atoms with van der Waals surface area (Å²) >= 11 is 0. The van der Waals surface area contributed by atoms with Crippen molar-refractivity contribution >= 4 is 11.8 Å². The van der Waals surface area contributed by atoms with Gasteiger partial charge in [0.05, 0.1) is 6.61 Å². The molecular formula is C27H38N2O4. The second-order valence-corrected chi connectivity index (χ2v) is 8.24. The predicted molar refractivity (Wildman–Crippen MR) is 132 cm³/mol. The molecule has 0 aliphatic carbocycles. The van der Waals surface area contributed by atoms with Crippen LogP contribution in [0.15, 0.2) is 48.5 Å². The number of hydrazine groups is 1. The van der Waals surface area contributed by atoms with Crippen LogP contribution in [0.2, 0.25) is 0 Å². The van der Waals surface area contributed by atoms with Gasteiger partial charge in [0.25, 0.3) is 11.8 Å². The third-order valence-electron chi connectivity index (χ3n) is 5.68. The summed E-state index contributed by atoms with van der Waals surface area (Å²) in [5, 5.41) is 0. The van der Waals surface area contributed by atoms with E-state index in [4.69, 9.17) is 9.47 Å². The first kappa shape index (κ1) is 26.2. The minimum atomic E-state index is -0.709. The van der Waals surface area contributed by atoms with E-state index >= 15 is 0 Å². The van der Waals surface area contributed by atoms with Crippen LogP contribution in [0.5, 0.6) is 11.5 Å². The van der Waals surface area contributed by atoms with Gasteiger partial charge in [-0.15, -0.1) is 0 Å². The second-order valence-electron chi connectivity index (χ2n) is 8.24. The van der Waals surface area contributed by atoms with Crippen molar-refractivity contribution < 1.29 is 19.1 Å². The Hall–Kier alpha value is -3.02. The zero-order valence-corrected chi connectivity index (χ0v) is 20.4. The predicted octanol–water partition coefficient (Wildman–Crippen LogP) is 5.78. The highest BCUT2D eigenvalue weighted by Gasteiger charge is 2.21. The average molecular weight is 455 g/mol. The molecule has 33 heavy (non-hydrogen) atoms. The second kappa shape index (κ2) is 14.2. The van der Waals surface area contributed by atoms with Crippen LogP contribution in [0.3, 0.4) is 0 Å². The van der Waals surface area contributed by atoms with Crippen molar-refractivity contribution in [1.82, 2.24) is 10.9 Å². The fourth-order valence-corrected chi connectivity index (χ4v) is 3.38. The van der Waals surface area contributed by atoms with Crippen LogP contribution >= 0.6 is 0 Å². The van der Waals surface area contributed by atoms with E-state index in [0.29, 0.717) is 30.3 Å². The smallest absolute Gasteiger partial charge is 0.279 e. The van der Waals surface area contributed by atoms with Gasteiger partial charge in [0.1, 0.15) is 11.5 Å². The highest BCUT2D eigenvalue weighted by atomic mass is 16.5. The SMILES string of the molecule is CCCCCCOc1ccc(C(=O)NNC(=O)C(CC)Oc2ccccc2C(C)CC)cc1. The summed E-state index contributed by atoms with van der Waals surface area (Å²) in [5.41, 5.74) is 6.47. The van der Waals surface area contributed by atoms with Crippen molar-refractivity contribution in [3.8, 4) is 11.5 Å². The van der Waals surface area contributed by atoms with Crippen molar-refractivity contribution in [3.05, 3.63) is 59.7 Å². The Labute approximate surface area is 198 Å². The fourth-order valence-electron chi connectivity index (χ4n) is 3.38. The molecule has 0 aliphatic rings. The van der Waals surface area contributed by atoms with Crippen molar-refractivity contribution in [2.75, 3.05) is 6.61 Å². The molecule has 0 heterocycles. The van der Waals surface area contributed by atoms with Crippen LogP contribution in [-0.2, 0) is 4.79 Å². The highest BCUT2D eigenvalue weighted by Crippen LogP contribution is 2.29. The van der Waals surface area contributed by atoms with Gasteiger partial charge in [-0.3, -0.25) is 20.4 Å². The van der Waals surface area contributed by atoms with Crippen LogP contribution in [0.25, 0.3) is 0 Å². The average Bonchev–Trinajstić information content (AvgIpc) is 2.85. The molecule has 2 rings (SSSR count). The molecule has 2 aromatic rings. The molecule has 6 nitrogen and oxygen atoms in total. The van der Waals surface area contributed by atoms with E-state index in [9.17, 15) is 9.59 Å². The number of ether oxygens (including phenoxy) is 2. The van der Waals surface area contributed by atoms with E-state index in [1.54, 1.807) is 24.3 Å². The van der Waals surface area contributed by atoms with E-state index in [0.717, 1.165) is 30.6 Å². The molecule has 0 aliphatic heterocycles. The molecule has 2 N–H and O–H groups in total. The summed E-state index contributed by atoms with van der Waals surface area (Å²) in [7, 11) is 0. The zero-order valence-electron chi connectivity index (χ0n) is 20.4. The number of carbonyl (C=O) groups is 2. The maximum atomic E-state index is 12.6. The number of amides is 2. The molecule has 180 valence electrons. The molecule has 2 aromatic carbocycles. The Balaban J connectivity index is 1.87. The summed E-state index contributed by atoms with van der Waals surface area (Å²) in [6.07, 6.45) is 5.31. The van der Waals surface area contributed by atoms with E-state index in [-0.39, 0.29) is 0 Å². The standard InChI is InChI=1S/C27H38N2O4/c1-5-8-9-12-19-32-22-17-15-21(16-18-22)26(30)28-29-27(31)24(7-3)33-25-14-11-10-13-23(25)20(4)6-2/h10-11,13-18,20,24H,5-9,12,19H2,1-4H3,(H,28,30)(H,29,31). The first-order valence-electron chi connectivity index (χ1n) is 12.1. The Morgan fingerprint density at radius 2 is 1.61 bits per heavy atom. The molecule has 0 bridgehead atoms. The van der Waals surface area contributed by atoms with Crippen molar-refractivity contribution in [1.29, 1.82) is 0 Å². The highest BCUT2D eigenvalue weighted by molar-refractivity contribution is 5.95. The number of hydrogen-bond acceptors (Lipinski definition) is 4. The van der Waals surface area contributed by atoms with Gasteiger partial charge < -0.3 is 9.47 Å². The summed E-state index contributed by atoms with van der Waals surface area (Å²) in [6.45, 7) is 8.97. The van der Waals surface area contributed by atoms with Gasteiger partial charge in [0.15, 0.2) is 6.10 Å². The van der Waals surface area contributed by atoms with Crippen LogP contribution < -0.4 is 20.3 Å². The molecule has 0 saturated carbocycles. The molecule has 0 spiro atoms. The van der Waals surface area contributed by atoms with Crippen LogP contribution in [0, 0.1) is 0 Å². The van der Waals surface area contributed by atoms with Gasteiger partial charge in [-0.1, -0.05) is 65.2 Å². The molecule has 0 fully saturated rings. The summed E-state index contributed by atoms with van der Waals surface area (Å²) in [6, 6.07) is 14.7. The Bertz CT molecular complexity index is 867. The molecule has 2 amide bonds. The van der Waals surface area contributed by atoms with Crippen molar-refractivity contribution in [2.45, 2.75) is 78.2 Å². The monoisotopic (exact) mass is 454 g/mol. The maximum Gasteiger partial charge on any atom is 0.279 e. The minimum Gasteiger partial charge on any atom is -0.494 e. The van der Waals surface area contributed by atoms with Gasteiger partial charge in [0.2, 0.25) is 0 Å². The van der Waals surface area contributed by atoms with Crippen LogP contribution in [0.1, 0.15) is 88.1 Å². The number of hydrogen-bond donors (Lipinski definition) is 2. The Morgan fingerprint density at radius 1 is 0.879 bits per heavy atom. The van der Waals surface area contributed by atoms with Crippen molar-refractivity contribution in [2.24, 2.45) is 0 Å². The number of carbonyl (C=O) groups excluding carboxylic acids is 2. The molecule has 2 unspecified atom stereocenters. The quantitative estimate of drug-likeness (QED) is 0.297. The lowest BCUT2D eigenvalue weighted by atomic mass is 9.98. The summed E-state index contributed by atoms with van der Waals surface area (Å²) in [4.78, 5) is 25.1. The maximum absolute atomic E-state index is 12.6. The lowest BCUT2D eigenvalue weighted by Gasteiger charge is -2.21. The molecule has 6 heteroatoms.